The quantitative estimate of drug-likeness (QED) is 0.393. The maximum absolute atomic E-state index is 12.4. The Labute approximate surface area is 179 Å². The first kappa shape index (κ1) is 25.5. The summed E-state index contributed by atoms with van der Waals surface area (Å²) >= 11 is 1.47. The van der Waals surface area contributed by atoms with Crippen LogP contribution in [0.3, 0.4) is 0 Å². The molecule has 7 heteroatoms. The molecule has 0 aliphatic heterocycles. The van der Waals surface area contributed by atoms with E-state index in [0.717, 1.165) is 10.5 Å². The van der Waals surface area contributed by atoms with Gasteiger partial charge in [-0.1, -0.05) is 12.1 Å². The molecule has 0 saturated carbocycles. The summed E-state index contributed by atoms with van der Waals surface area (Å²) in [4.78, 5) is 27.3. The summed E-state index contributed by atoms with van der Waals surface area (Å²) in [7, 11) is 1.64. The van der Waals surface area contributed by atoms with E-state index >= 15 is 0 Å². The standard InChI is InChI=1S/C22H35NO5S/c1-8-27-19(24)16-23(13-14-26-7)15-17-9-11-18(12-10-17)29-22(5,6)20(25)28-21(2,3)4/h9-12H,8,13-16H2,1-7H3. The third-order valence-corrected chi connectivity index (χ3v) is 5.05. The molecule has 1 rings (SSSR count). The van der Waals surface area contributed by atoms with Gasteiger partial charge >= 0.3 is 11.9 Å². The molecule has 0 aliphatic rings. The van der Waals surface area contributed by atoms with Gasteiger partial charge in [0.1, 0.15) is 10.3 Å². The molecule has 0 N–H and O–H groups in total. The Morgan fingerprint density at radius 2 is 1.69 bits per heavy atom. The molecule has 0 bridgehead atoms. The molecule has 29 heavy (non-hydrogen) atoms. The molecule has 1 aromatic rings. The monoisotopic (exact) mass is 425 g/mol. The van der Waals surface area contributed by atoms with E-state index in [1.807, 2.05) is 63.8 Å². The zero-order chi connectivity index (χ0) is 22.1. The second kappa shape index (κ2) is 11.6. The lowest BCUT2D eigenvalue weighted by molar-refractivity contribution is -0.157. The van der Waals surface area contributed by atoms with Gasteiger partial charge in [-0.15, -0.1) is 11.8 Å². The molecule has 0 fully saturated rings. The van der Waals surface area contributed by atoms with E-state index in [1.54, 1.807) is 14.0 Å². The van der Waals surface area contributed by atoms with Crippen LogP contribution in [-0.2, 0) is 30.3 Å². The molecule has 0 radical (unpaired) electrons. The zero-order valence-electron chi connectivity index (χ0n) is 18.7. The van der Waals surface area contributed by atoms with Gasteiger partial charge in [-0.2, -0.15) is 0 Å². The van der Waals surface area contributed by atoms with E-state index in [2.05, 4.69) is 0 Å². The number of methoxy groups -OCH3 is 1. The van der Waals surface area contributed by atoms with Crippen molar-refractivity contribution >= 4 is 23.7 Å². The van der Waals surface area contributed by atoms with Crippen LogP contribution in [0, 0.1) is 0 Å². The van der Waals surface area contributed by atoms with Gasteiger partial charge in [0.2, 0.25) is 0 Å². The van der Waals surface area contributed by atoms with Crippen LogP contribution in [0.4, 0.5) is 0 Å². The summed E-state index contributed by atoms with van der Waals surface area (Å²) in [5.41, 5.74) is 0.563. The van der Waals surface area contributed by atoms with Crippen molar-refractivity contribution in [3.8, 4) is 0 Å². The van der Waals surface area contributed by atoms with Gasteiger partial charge in [0.05, 0.1) is 19.8 Å². The van der Waals surface area contributed by atoms with Crippen LogP contribution in [0.25, 0.3) is 0 Å². The average molecular weight is 426 g/mol. The van der Waals surface area contributed by atoms with E-state index in [4.69, 9.17) is 14.2 Å². The van der Waals surface area contributed by atoms with Crippen molar-refractivity contribution in [1.29, 1.82) is 0 Å². The Kier molecular flexibility index (Phi) is 10.2. The van der Waals surface area contributed by atoms with Gasteiger partial charge in [0, 0.05) is 25.1 Å². The van der Waals surface area contributed by atoms with Gasteiger partial charge in [0.25, 0.3) is 0 Å². The van der Waals surface area contributed by atoms with Crippen LogP contribution in [0.5, 0.6) is 0 Å². The predicted octanol–water partition coefficient (Wildman–Crippen LogP) is 3.91. The minimum absolute atomic E-state index is 0.222. The fraction of sp³-hybridized carbons (Fsp3) is 0.636. The van der Waals surface area contributed by atoms with E-state index in [-0.39, 0.29) is 18.5 Å². The molecule has 0 heterocycles. The number of rotatable bonds is 11. The van der Waals surface area contributed by atoms with Gasteiger partial charge in [0.15, 0.2) is 0 Å². The molecular weight excluding hydrogens is 390 g/mol. The lowest BCUT2D eigenvalue weighted by Gasteiger charge is -2.28. The number of esters is 2. The smallest absolute Gasteiger partial charge is 0.322 e. The van der Waals surface area contributed by atoms with Crippen molar-refractivity contribution in [3.63, 3.8) is 0 Å². The molecule has 0 aliphatic carbocycles. The van der Waals surface area contributed by atoms with Gasteiger partial charge in [-0.25, -0.2) is 0 Å². The highest BCUT2D eigenvalue weighted by Gasteiger charge is 2.33. The molecule has 0 atom stereocenters. The van der Waals surface area contributed by atoms with E-state index in [1.165, 1.54) is 11.8 Å². The first-order chi connectivity index (χ1) is 13.5. The maximum Gasteiger partial charge on any atom is 0.322 e. The SMILES string of the molecule is CCOC(=O)CN(CCOC)Cc1ccc(SC(C)(C)C(=O)OC(C)(C)C)cc1. The molecular formula is C22H35NO5S. The third kappa shape index (κ3) is 10.1. The van der Waals surface area contributed by atoms with Crippen molar-refractivity contribution in [2.45, 2.75) is 63.3 Å². The van der Waals surface area contributed by atoms with Crippen LogP contribution in [-0.4, -0.2) is 60.6 Å². The number of hydrogen-bond acceptors (Lipinski definition) is 7. The van der Waals surface area contributed by atoms with E-state index < -0.39 is 10.3 Å². The van der Waals surface area contributed by atoms with Crippen molar-refractivity contribution in [2.24, 2.45) is 0 Å². The topological polar surface area (TPSA) is 65.1 Å². The highest BCUT2D eigenvalue weighted by atomic mass is 32.2. The van der Waals surface area contributed by atoms with Gasteiger partial charge in [-0.05, 0) is 59.2 Å². The van der Waals surface area contributed by atoms with Crippen molar-refractivity contribution < 1.29 is 23.8 Å². The van der Waals surface area contributed by atoms with Crippen LogP contribution < -0.4 is 0 Å². The van der Waals surface area contributed by atoms with Gasteiger partial charge < -0.3 is 14.2 Å². The highest BCUT2D eigenvalue weighted by molar-refractivity contribution is 8.01. The summed E-state index contributed by atoms with van der Waals surface area (Å²) in [6, 6.07) is 8.01. The highest BCUT2D eigenvalue weighted by Crippen LogP contribution is 2.34. The van der Waals surface area contributed by atoms with E-state index in [0.29, 0.717) is 26.3 Å². The Morgan fingerprint density at radius 1 is 1.07 bits per heavy atom. The summed E-state index contributed by atoms with van der Waals surface area (Å²) in [5.74, 6) is -0.478. The lowest BCUT2D eigenvalue weighted by Crippen LogP contribution is -2.36. The van der Waals surface area contributed by atoms with Crippen LogP contribution in [0.2, 0.25) is 0 Å². The minimum Gasteiger partial charge on any atom is -0.465 e. The lowest BCUT2D eigenvalue weighted by atomic mass is 10.1. The van der Waals surface area contributed by atoms with E-state index in [9.17, 15) is 9.59 Å². The van der Waals surface area contributed by atoms with Gasteiger partial charge in [-0.3, -0.25) is 14.5 Å². The molecule has 6 nitrogen and oxygen atoms in total. The Bertz CT molecular complexity index is 652. The number of carbonyl (C=O) groups excluding carboxylic acids is 2. The Hall–Kier alpha value is -1.57. The first-order valence-electron chi connectivity index (χ1n) is 9.85. The fourth-order valence-corrected chi connectivity index (χ4v) is 3.47. The normalized spacial score (nSPS) is 12.1. The fourth-order valence-electron chi connectivity index (χ4n) is 2.48. The largest absolute Gasteiger partial charge is 0.465 e. The molecule has 0 saturated heterocycles. The Balaban J connectivity index is 2.75. The number of benzene rings is 1. The van der Waals surface area contributed by atoms with Crippen LogP contribution in [0.1, 0.15) is 47.1 Å². The summed E-state index contributed by atoms with van der Waals surface area (Å²) < 4.78 is 15.0. The molecule has 0 unspecified atom stereocenters. The molecule has 0 amide bonds. The minimum atomic E-state index is -0.691. The molecule has 164 valence electrons. The van der Waals surface area contributed by atoms with Crippen molar-refractivity contribution in [3.05, 3.63) is 29.8 Å². The Morgan fingerprint density at radius 3 is 2.21 bits per heavy atom. The zero-order valence-corrected chi connectivity index (χ0v) is 19.6. The van der Waals surface area contributed by atoms with Crippen molar-refractivity contribution in [2.75, 3.05) is 33.4 Å². The van der Waals surface area contributed by atoms with Crippen molar-refractivity contribution in [1.82, 2.24) is 4.90 Å². The van der Waals surface area contributed by atoms with Crippen LogP contribution >= 0.6 is 11.8 Å². The number of nitrogens with zero attached hydrogens (tertiary/aromatic N) is 1. The summed E-state index contributed by atoms with van der Waals surface area (Å²) in [6.45, 7) is 13.5. The second-order valence-electron chi connectivity index (χ2n) is 8.27. The maximum atomic E-state index is 12.4. The summed E-state index contributed by atoms with van der Waals surface area (Å²) in [5, 5.41) is 0. The van der Waals surface area contributed by atoms with Crippen LogP contribution in [0.15, 0.2) is 29.2 Å². The number of carbonyl (C=O) groups is 2. The second-order valence-corrected chi connectivity index (χ2v) is 9.96. The molecule has 1 aromatic carbocycles. The third-order valence-electron chi connectivity index (χ3n) is 3.86. The number of hydrogen-bond donors (Lipinski definition) is 0. The number of thioether (sulfide) groups is 1. The average Bonchev–Trinajstić information content (AvgIpc) is 2.59. The predicted molar refractivity (Wildman–Crippen MR) is 116 cm³/mol. The first-order valence-corrected chi connectivity index (χ1v) is 10.7. The molecule has 0 spiro atoms. The molecule has 0 aromatic heterocycles. The number of ether oxygens (including phenoxy) is 3. The summed E-state index contributed by atoms with van der Waals surface area (Å²) in [6.07, 6.45) is 0.